The van der Waals surface area contributed by atoms with E-state index in [9.17, 15) is 0 Å². The second kappa shape index (κ2) is 12.9. The molecule has 4 aromatic rings. The zero-order valence-corrected chi connectivity index (χ0v) is 22.2. The van der Waals surface area contributed by atoms with Crippen molar-refractivity contribution >= 4 is 0 Å². The van der Waals surface area contributed by atoms with Gasteiger partial charge in [0.25, 0.3) is 11.8 Å². The van der Waals surface area contributed by atoms with Gasteiger partial charge in [-0.3, -0.25) is 9.80 Å². The van der Waals surface area contributed by atoms with Gasteiger partial charge in [-0.25, -0.2) is 0 Å². The van der Waals surface area contributed by atoms with E-state index in [-0.39, 0.29) is 0 Å². The van der Waals surface area contributed by atoms with Crippen molar-refractivity contribution in [1.82, 2.24) is 40.7 Å². The number of benzene rings is 2. The van der Waals surface area contributed by atoms with Crippen LogP contribution in [0, 0.1) is 13.8 Å². The Labute approximate surface area is 223 Å². The molecule has 0 aliphatic carbocycles. The lowest BCUT2D eigenvalue weighted by molar-refractivity contribution is 0.225. The highest BCUT2D eigenvalue weighted by molar-refractivity contribution is 5.54. The predicted molar refractivity (Wildman–Crippen MR) is 145 cm³/mol. The molecule has 0 unspecified atom stereocenters. The second-order valence-corrected chi connectivity index (χ2v) is 9.82. The Morgan fingerprint density at radius 1 is 0.658 bits per heavy atom. The first-order valence-electron chi connectivity index (χ1n) is 13.3. The molecule has 2 aliphatic rings. The van der Waals surface area contributed by atoms with E-state index in [4.69, 9.17) is 9.05 Å². The molecule has 2 aliphatic heterocycles. The molecule has 0 radical (unpaired) electrons. The normalized spacial score (nSPS) is 16.7. The summed E-state index contributed by atoms with van der Waals surface area (Å²) in [5, 5.41) is 14.8. The summed E-state index contributed by atoms with van der Waals surface area (Å²) < 4.78 is 10.7. The predicted octanol–water partition coefficient (Wildman–Crippen LogP) is 2.90. The molecule has 2 aromatic heterocycles. The van der Waals surface area contributed by atoms with E-state index in [2.05, 4.69) is 78.8 Å². The van der Waals surface area contributed by atoms with Crippen molar-refractivity contribution in [2.24, 2.45) is 0 Å². The minimum atomic E-state index is 0.605. The monoisotopic (exact) mass is 516 g/mol. The van der Waals surface area contributed by atoms with Crippen molar-refractivity contribution in [2.45, 2.75) is 26.9 Å². The van der Waals surface area contributed by atoms with E-state index in [0.29, 0.717) is 11.8 Å². The molecule has 6 rings (SSSR count). The van der Waals surface area contributed by atoms with Crippen LogP contribution >= 0.6 is 0 Å². The van der Waals surface area contributed by atoms with Crippen LogP contribution in [-0.2, 0) is 13.1 Å². The SMILES string of the molecule is Cc1cccc(-c2nc(CN3CCNCC3)no2)c1.Cc1cccc(-c2nc(CN3CCNCC3)no2)c1. The Bertz CT molecular complexity index is 1190. The molecular formula is C28H36N8O2. The van der Waals surface area contributed by atoms with Crippen LogP contribution in [0.1, 0.15) is 22.8 Å². The summed E-state index contributed by atoms with van der Waals surface area (Å²) in [5.41, 5.74) is 4.36. The highest BCUT2D eigenvalue weighted by atomic mass is 16.5. The number of aromatic nitrogens is 4. The smallest absolute Gasteiger partial charge is 0.257 e. The summed E-state index contributed by atoms with van der Waals surface area (Å²) in [7, 11) is 0. The standard InChI is InChI=1S/2C14H18N4O/c2*1-11-3-2-4-12(9-11)14-16-13(17-19-14)10-18-7-5-15-6-8-18/h2*2-4,9,15H,5-8,10H2,1H3. The third-order valence-corrected chi connectivity index (χ3v) is 6.62. The highest BCUT2D eigenvalue weighted by Crippen LogP contribution is 2.19. The summed E-state index contributed by atoms with van der Waals surface area (Å²) in [6.07, 6.45) is 0. The number of hydrogen-bond acceptors (Lipinski definition) is 10. The number of piperazine rings is 2. The third kappa shape index (κ3) is 7.32. The zero-order valence-electron chi connectivity index (χ0n) is 22.2. The lowest BCUT2D eigenvalue weighted by Gasteiger charge is -2.25. The lowest BCUT2D eigenvalue weighted by atomic mass is 10.1. The molecule has 10 heteroatoms. The molecule has 4 heterocycles. The van der Waals surface area contributed by atoms with Gasteiger partial charge in [-0.1, -0.05) is 45.7 Å². The van der Waals surface area contributed by atoms with Crippen LogP contribution < -0.4 is 10.6 Å². The molecule has 2 fully saturated rings. The van der Waals surface area contributed by atoms with Crippen molar-refractivity contribution in [3.05, 3.63) is 71.3 Å². The second-order valence-electron chi connectivity index (χ2n) is 9.82. The molecular weight excluding hydrogens is 480 g/mol. The van der Waals surface area contributed by atoms with Crippen LogP contribution in [0.15, 0.2) is 57.6 Å². The molecule has 0 bridgehead atoms. The number of nitrogens with zero attached hydrogens (tertiary/aromatic N) is 6. The van der Waals surface area contributed by atoms with Crippen LogP contribution in [0.25, 0.3) is 22.9 Å². The first kappa shape index (κ1) is 26.2. The van der Waals surface area contributed by atoms with E-state index >= 15 is 0 Å². The molecule has 10 nitrogen and oxygen atoms in total. The van der Waals surface area contributed by atoms with Crippen molar-refractivity contribution < 1.29 is 9.05 Å². The Balaban J connectivity index is 0.000000155. The van der Waals surface area contributed by atoms with Gasteiger partial charge in [0.1, 0.15) is 0 Å². The lowest BCUT2D eigenvalue weighted by Crippen LogP contribution is -2.43. The van der Waals surface area contributed by atoms with Gasteiger partial charge in [0, 0.05) is 63.5 Å². The van der Waals surface area contributed by atoms with Gasteiger partial charge in [0.05, 0.1) is 13.1 Å². The summed E-state index contributed by atoms with van der Waals surface area (Å²) >= 11 is 0. The van der Waals surface area contributed by atoms with Crippen LogP contribution in [0.3, 0.4) is 0 Å². The Kier molecular flexibility index (Phi) is 8.87. The largest absolute Gasteiger partial charge is 0.334 e. The molecule has 2 saturated heterocycles. The minimum absolute atomic E-state index is 0.605. The van der Waals surface area contributed by atoms with Crippen LogP contribution in [0.5, 0.6) is 0 Å². The van der Waals surface area contributed by atoms with E-state index in [1.165, 1.54) is 11.1 Å². The van der Waals surface area contributed by atoms with E-state index in [1.54, 1.807) is 0 Å². The van der Waals surface area contributed by atoms with Gasteiger partial charge in [0.15, 0.2) is 11.6 Å². The van der Waals surface area contributed by atoms with Gasteiger partial charge in [-0.2, -0.15) is 9.97 Å². The fourth-order valence-electron chi connectivity index (χ4n) is 4.57. The van der Waals surface area contributed by atoms with E-state index < -0.39 is 0 Å². The summed E-state index contributed by atoms with van der Waals surface area (Å²) in [4.78, 5) is 13.6. The van der Waals surface area contributed by atoms with E-state index in [1.807, 2.05) is 24.3 Å². The van der Waals surface area contributed by atoms with Crippen molar-refractivity contribution in [3.8, 4) is 22.9 Å². The van der Waals surface area contributed by atoms with Crippen molar-refractivity contribution in [2.75, 3.05) is 52.4 Å². The maximum absolute atomic E-state index is 5.34. The van der Waals surface area contributed by atoms with Gasteiger partial charge < -0.3 is 19.7 Å². The van der Waals surface area contributed by atoms with Gasteiger partial charge in [-0.05, 0) is 38.1 Å². The first-order chi connectivity index (χ1) is 18.6. The quantitative estimate of drug-likeness (QED) is 0.397. The summed E-state index contributed by atoms with van der Waals surface area (Å²) in [6.45, 7) is 13.9. The van der Waals surface area contributed by atoms with Crippen molar-refractivity contribution in [3.63, 3.8) is 0 Å². The molecule has 2 N–H and O–H groups in total. The zero-order chi connectivity index (χ0) is 26.2. The Morgan fingerprint density at radius 3 is 1.47 bits per heavy atom. The van der Waals surface area contributed by atoms with E-state index in [0.717, 1.165) is 88.2 Å². The molecule has 38 heavy (non-hydrogen) atoms. The average Bonchev–Trinajstić information content (AvgIpc) is 3.60. The van der Waals surface area contributed by atoms with Gasteiger partial charge in [-0.15, -0.1) is 0 Å². The fraction of sp³-hybridized carbons (Fsp3) is 0.429. The molecule has 0 amide bonds. The van der Waals surface area contributed by atoms with Gasteiger partial charge >= 0.3 is 0 Å². The Morgan fingerprint density at radius 2 is 1.08 bits per heavy atom. The Hall–Kier alpha value is -3.44. The van der Waals surface area contributed by atoms with Crippen LogP contribution in [0.2, 0.25) is 0 Å². The molecule has 2 aromatic carbocycles. The maximum atomic E-state index is 5.34. The van der Waals surface area contributed by atoms with Crippen LogP contribution in [0.4, 0.5) is 0 Å². The highest BCUT2D eigenvalue weighted by Gasteiger charge is 2.16. The molecule has 0 spiro atoms. The summed E-state index contributed by atoms with van der Waals surface area (Å²) in [5.74, 6) is 2.74. The number of hydrogen-bond donors (Lipinski definition) is 2. The topological polar surface area (TPSA) is 108 Å². The number of nitrogens with one attached hydrogen (secondary N) is 2. The van der Waals surface area contributed by atoms with Crippen LogP contribution in [-0.4, -0.2) is 82.4 Å². The fourth-order valence-corrected chi connectivity index (χ4v) is 4.57. The molecule has 200 valence electrons. The number of aryl methyl sites for hydroxylation is 2. The van der Waals surface area contributed by atoms with Crippen molar-refractivity contribution in [1.29, 1.82) is 0 Å². The minimum Gasteiger partial charge on any atom is -0.334 e. The molecule has 0 saturated carbocycles. The maximum Gasteiger partial charge on any atom is 0.257 e. The first-order valence-corrected chi connectivity index (χ1v) is 13.3. The number of rotatable bonds is 6. The van der Waals surface area contributed by atoms with Gasteiger partial charge in [0.2, 0.25) is 0 Å². The average molecular weight is 517 g/mol. The summed E-state index contributed by atoms with van der Waals surface area (Å²) in [6, 6.07) is 16.2. The third-order valence-electron chi connectivity index (χ3n) is 6.62. The molecule has 0 atom stereocenters.